The predicted molar refractivity (Wildman–Crippen MR) is 76.7 cm³/mol. The molecular weight excluding hydrogens is 222 g/mol. The Balaban J connectivity index is 2.25. The molecule has 18 heavy (non-hydrogen) atoms. The zero-order valence-electron chi connectivity index (χ0n) is 11.2. The van der Waals surface area contributed by atoms with Gasteiger partial charge >= 0.3 is 0 Å². The zero-order chi connectivity index (χ0) is 13.0. The van der Waals surface area contributed by atoms with Crippen LogP contribution in [0.25, 0.3) is 11.0 Å². The molecule has 1 atom stereocenters. The molecular formula is C16H21NO. The lowest BCUT2D eigenvalue weighted by atomic mass is 10.1. The van der Waals surface area contributed by atoms with Gasteiger partial charge < -0.3 is 9.73 Å². The first-order valence-corrected chi connectivity index (χ1v) is 6.57. The molecule has 0 saturated carbocycles. The Morgan fingerprint density at radius 2 is 2.17 bits per heavy atom. The van der Waals surface area contributed by atoms with Gasteiger partial charge in [-0.2, -0.15) is 0 Å². The molecule has 1 N–H and O–H groups in total. The molecule has 0 radical (unpaired) electrons. The lowest BCUT2D eigenvalue weighted by molar-refractivity contribution is 0.427. The van der Waals surface area contributed by atoms with Crippen LogP contribution in [0, 0.1) is 0 Å². The highest BCUT2D eigenvalue weighted by Gasteiger charge is 2.15. The van der Waals surface area contributed by atoms with E-state index in [1.54, 1.807) is 0 Å². The second-order valence-corrected chi connectivity index (χ2v) is 4.85. The summed E-state index contributed by atoms with van der Waals surface area (Å²) in [4.78, 5) is 0. The SMILES string of the molecule is C=C(C)CC(NCCC)c1cc2ccccc2o1. The Hall–Kier alpha value is -1.54. The molecule has 2 aromatic rings. The molecule has 0 aliphatic heterocycles. The minimum absolute atomic E-state index is 0.231. The first kappa shape index (κ1) is 12.9. The highest BCUT2D eigenvalue weighted by atomic mass is 16.3. The molecule has 1 aromatic heterocycles. The number of furan rings is 1. The molecule has 0 fully saturated rings. The fourth-order valence-corrected chi connectivity index (χ4v) is 2.11. The van der Waals surface area contributed by atoms with Crippen LogP contribution in [0.1, 0.15) is 38.5 Å². The smallest absolute Gasteiger partial charge is 0.134 e. The van der Waals surface area contributed by atoms with Crippen LogP contribution in [-0.4, -0.2) is 6.54 Å². The normalized spacial score (nSPS) is 12.8. The van der Waals surface area contributed by atoms with E-state index in [1.807, 2.05) is 18.2 Å². The summed E-state index contributed by atoms with van der Waals surface area (Å²) in [6, 6.07) is 10.5. The predicted octanol–water partition coefficient (Wildman–Crippen LogP) is 4.44. The van der Waals surface area contributed by atoms with Crippen molar-refractivity contribution in [3.05, 3.63) is 48.2 Å². The minimum Gasteiger partial charge on any atom is -0.459 e. The van der Waals surface area contributed by atoms with Crippen molar-refractivity contribution in [2.24, 2.45) is 0 Å². The van der Waals surface area contributed by atoms with Crippen molar-refractivity contribution in [1.29, 1.82) is 0 Å². The molecule has 2 heteroatoms. The second kappa shape index (κ2) is 5.87. The van der Waals surface area contributed by atoms with Crippen LogP contribution in [0.4, 0.5) is 0 Å². The molecule has 0 aliphatic rings. The van der Waals surface area contributed by atoms with Crippen LogP contribution in [0.15, 0.2) is 46.9 Å². The zero-order valence-corrected chi connectivity index (χ0v) is 11.2. The first-order chi connectivity index (χ1) is 8.70. The van der Waals surface area contributed by atoms with E-state index in [9.17, 15) is 0 Å². The van der Waals surface area contributed by atoms with Crippen molar-refractivity contribution in [2.75, 3.05) is 6.54 Å². The summed E-state index contributed by atoms with van der Waals surface area (Å²) >= 11 is 0. The van der Waals surface area contributed by atoms with E-state index in [4.69, 9.17) is 4.42 Å². The van der Waals surface area contributed by atoms with E-state index in [0.717, 1.165) is 36.1 Å². The van der Waals surface area contributed by atoms with Crippen LogP contribution in [-0.2, 0) is 0 Å². The number of para-hydroxylation sites is 1. The molecule has 0 spiro atoms. The maximum absolute atomic E-state index is 5.92. The van der Waals surface area contributed by atoms with Gasteiger partial charge in [-0.3, -0.25) is 0 Å². The Morgan fingerprint density at radius 1 is 1.39 bits per heavy atom. The minimum atomic E-state index is 0.231. The van der Waals surface area contributed by atoms with E-state index in [1.165, 1.54) is 5.57 Å². The largest absolute Gasteiger partial charge is 0.459 e. The van der Waals surface area contributed by atoms with Gasteiger partial charge in [0.1, 0.15) is 11.3 Å². The summed E-state index contributed by atoms with van der Waals surface area (Å²) in [5.41, 5.74) is 2.13. The molecule has 96 valence electrons. The van der Waals surface area contributed by atoms with E-state index in [-0.39, 0.29) is 6.04 Å². The maximum atomic E-state index is 5.92. The van der Waals surface area contributed by atoms with Crippen LogP contribution in [0.3, 0.4) is 0 Å². The lowest BCUT2D eigenvalue weighted by Gasteiger charge is -2.15. The maximum Gasteiger partial charge on any atom is 0.134 e. The van der Waals surface area contributed by atoms with Gasteiger partial charge in [-0.15, -0.1) is 6.58 Å². The highest BCUT2D eigenvalue weighted by Crippen LogP contribution is 2.27. The lowest BCUT2D eigenvalue weighted by Crippen LogP contribution is -2.21. The second-order valence-electron chi connectivity index (χ2n) is 4.85. The third kappa shape index (κ3) is 3.02. The fourth-order valence-electron chi connectivity index (χ4n) is 2.11. The quantitative estimate of drug-likeness (QED) is 0.759. The topological polar surface area (TPSA) is 25.2 Å². The van der Waals surface area contributed by atoms with E-state index < -0.39 is 0 Å². The number of nitrogens with one attached hydrogen (secondary N) is 1. The molecule has 1 unspecified atom stereocenters. The third-order valence-electron chi connectivity index (χ3n) is 2.98. The molecule has 2 rings (SSSR count). The summed E-state index contributed by atoms with van der Waals surface area (Å²) < 4.78 is 5.92. The highest BCUT2D eigenvalue weighted by molar-refractivity contribution is 5.77. The Morgan fingerprint density at radius 3 is 2.83 bits per heavy atom. The van der Waals surface area contributed by atoms with Gasteiger partial charge in [-0.1, -0.05) is 30.7 Å². The van der Waals surface area contributed by atoms with E-state index in [2.05, 4.69) is 37.9 Å². The van der Waals surface area contributed by atoms with Crippen LogP contribution in [0.2, 0.25) is 0 Å². The van der Waals surface area contributed by atoms with Crippen molar-refractivity contribution in [2.45, 2.75) is 32.7 Å². The molecule has 0 amide bonds. The molecule has 0 bridgehead atoms. The Kier molecular flexibility index (Phi) is 4.21. The van der Waals surface area contributed by atoms with Crippen molar-refractivity contribution in [3.63, 3.8) is 0 Å². The first-order valence-electron chi connectivity index (χ1n) is 6.57. The number of rotatable bonds is 6. The van der Waals surface area contributed by atoms with Crippen molar-refractivity contribution < 1.29 is 4.42 Å². The van der Waals surface area contributed by atoms with Gasteiger partial charge in [-0.05, 0) is 38.4 Å². The summed E-state index contributed by atoms with van der Waals surface area (Å²) in [6.45, 7) is 9.22. The van der Waals surface area contributed by atoms with Gasteiger partial charge in [0.25, 0.3) is 0 Å². The molecule has 2 nitrogen and oxygen atoms in total. The monoisotopic (exact) mass is 243 g/mol. The van der Waals surface area contributed by atoms with Gasteiger partial charge in [0, 0.05) is 5.39 Å². The van der Waals surface area contributed by atoms with E-state index in [0.29, 0.717) is 0 Å². The van der Waals surface area contributed by atoms with Gasteiger partial charge in [0.2, 0.25) is 0 Å². The Bertz CT molecular complexity index is 494. The van der Waals surface area contributed by atoms with Crippen molar-refractivity contribution in [3.8, 4) is 0 Å². The average molecular weight is 243 g/mol. The van der Waals surface area contributed by atoms with Crippen LogP contribution < -0.4 is 5.32 Å². The Labute approximate surface area is 109 Å². The summed E-state index contributed by atoms with van der Waals surface area (Å²) in [6.07, 6.45) is 2.03. The van der Waals surface area contributed by atoms with Gasteiger partial charge in [0.15, 0.2) is 0 Å². The molecule has 0 aliphatic carbocycles. The van der Waals surface area contributed by atoms with E-state index >= 15 is 0 Å². The number of hydrogen-bond donors (Lipinski definition) is 1. The van der Waals surface area contributed by atoms with Crippen molar-refractivity contribution >= 4 is 11.0 Å². The fraction of sp³-hybridized carbons (Fsp3) is 0.375. The molecule has 1 aromatic carbocycles. The number of benzene rings is 1. The summed E-state index contributed by atoms with van der Waals surface area (Å²) in [5.74, 6) is 1.01. The summed E-state index contributed by atoms with van der Waals surface area (Å²) in [5, 5.41) is 4.69. The molecule has 1 heterocycles. The number of hydrogen-bond acceptors (Lipinski definition) is 2. The number of fused-ring (bicyclic) bond motifs is 1. The standard InChI is InChI=1S/C16H21NO/c1-4-9-17-14(10-12(2)3)16-11-13-7-5-6-8-15(13)18-16/h5-8,11,14,17H,2,4,9-10H2,1,3H3. The van der Waals surface area contributed by atoms with Gasteiger partial charge in [0.05, 0.1) is 6.04 Å². The molecule has 0 saturated heterocycles. The summed E-state index contributed by atoms with van der Waals surface area (Å²) in [7, 11) is 0. The average Bonchev–Trinajstić information content (AvgIpc) is 2.77. The van der Waals surface area contributed by atoms with Crippen LogP contribution in [0.5, 0.6) is 0 Å². The third-order valence-corrected chi connectivity index (χ3v) is 2.98. The van der Waals surface area contributed by atoms with Gasteiger partial charge in [-0.25, -0.2) is 0 Å². The van der Waals surface area contributed by atoms with Crippen molar-refractivity contribution in [1.82, 2.24) is 5.32 Å². The van der Waals surface area contributed by atoms with Crippen LogP contribution >= 0.6 is 0 Å².